The zero-order valence-electron chi connectivity index (χ0n) is 19.3. The number of ether oxygens (including phenoxy) is 1. The van der Waals surface area contributed by atoms with Crippen LogP contribution in [-0.2, 0) is 14.4 Å². The van der Waals surface area contributed by atoms with E-state index in [-0.39, 0.29) is 11.8 Å². The van der Waals surface area contributed by atoms with Crippen molar-refractivity contribution in [2.45, 2.75) is 44.1 Å². The number of nitrogens with two attached hydrogens (primary N) is 1. The lowest BCUT2D eigenvalue weighted by Crippen LogP contribution is -2.31. The van der Waals surface area contributed by atoms with Crippen LogP contribution in [0.2, 0.25) is 0 Å². The van der Waals surface area contributed by atoms with Gasteiger partial charge in [-0.2, -0.15) is 4.39 Å². The quantitative estimate of drug-likeness (QED) is 0.156. The van der Waals surface area contributed by atoms with Crippen molar-refractivity contribution in [3.63, 3.8) is 0 Å². The monoisotopic (exact) mass is 507 g/mol. The number of aliphatic imine (C=N–C) groups is 1. The van der Waals surface area contributed by atoms with Crippen molar-refractivity contribution >= 4 is 47.3 Å². The average molecular weight is 508 g/mol. The van der Waals surface area contributed by atoms with Gasteiger partial charge in [0.25, 0.3) is 5.91 Å². The molecule has 0 saturated carbocycles. The topological polar surface area (TPSA) is 122 Å². The number of carbonyl (C=O) groups is 1. The fraction of sp³-hybridized carbons (Fsp3) is 0.391. The predicted octanol–water partition coefficient (Wildman–Crippen LogP) is 4.57. The maximum atomic E-state index is 13.9. The molecule has 34 heavy (non-hydrogen) atoms. The van der Waals surface area contributed by atoms with E-state index in [4.69, 9.17) is 20.7 Å². The van der Waals surface area contributed by atoms with Gasteiger partial charge in [-0.1, -0.05) is 36.7 Å². The maximum Gasteiger partial charge on any atom is 0.278 e. The Hall–Kier alpha value is -2.63. The van der Waals surface area contributed by atoms with Crippen LogP contribution in [0, 0.1) is 5.41 Å². The van der Waals surface area contributed by atoms with E-state index in [0.717, 1.165) is 29.4 Å². The zero-order valence-corrected chi connectivity index (χ0v) is 20.9. The van der Waals surface area contributed by atoms with Gasteiger partial charge >= 0.3 is 0 Å². The minimum absolute atomic E-state index is 0.0808. The Labute approximate surface area is 207 Å². The number of rotatable bonds is 13. The predicted molar refractivity (Wildman–Crippen MR) is 138 cm³/mol. The fourth-order valence-corrected chi connectivity index (χ4v) is 4.05. The highest BCUT2D eigenvalue weighted by Gasteiger charge is 2.21. The molecule has 1 aliphatic heterocycles. The van der Waals surface area contributed by atoms with Crippen LogP contribution in [0.4, 0.5) is 4.39 Å². The Balaban J connectivity index is 2.22. The van der Waals surface area contributed by atoms with Crippen molar-refractivity contribution in [3.05, 3.63) is 52.2 Å². The van der Waals surface area contributed by atoms with E-state index in [2.05, 4.69) is 15.5 Å². The first kappa shape index (κ1) is 27.6. The van der Waals surface area contributed by atoms with Gasteiger partial charge in [0.15, 0.2) is 17.0 Å². The number of hydrogen-bond acceptors (Lipinski definition) is 7. The Morgan fingerprint density at radius 3 is 2.79 bits per heavy atom. The molecule has 0 bridgehead atoms. The van der Waals surface area contributed by atoms with E-state index in [1.807, 2.05) is 19.1 Å². The summed E-state index contributed by atoms with van der Waals surface area (Å²) >= 11 is 2.30. The summed E-state index contributed by atoms with van der Waals surface area (Å²) in [6, 6.07) is 7.19. The summed E-state index contributed by atoms with van der Waals surface area (Å²) < 4.78 is 19.2. The van der Waals surface area contributed by atoms with E-state index in [1.165, 1.54) is 17.8 Å². The Kier molecular flexibility index (Phi) is 12.4. The van der Waals surface area contributed by atoms with Gasteiger partial charge in [0.2, 0.25) is 0 Å². The standard InChI is InChI=1S/C23H30FN5O3S2/c1-3-5-6-21(34-19(24)4-2)28-23(30)22(29-32-17-11-12-31-13-17)16-7-9-18(10-8-16)33-14-20(26)27-15-25/h4,6-10,15,17H,3,5,11-14H2,1-2H3,(H,28,30)(H3,25,26,27)/b19-4-,21-6+,29-22+. The summed E-state index contributed by atoms with van der Waals surface area (Å²) in [7, 11) is 0. The van der Waals surface area contributed by atoms with Crippen molar-refractivity contribution < 1.29 is 18.8 Å². The molecule has 1 amide bonds. The number of amidine groups is 1. The fourth-order valence-electron chi connectivity index (χ4n) is 2.66. The summed E-state index contributed by atoms with van der Waals surface area (Å²) in [5.74, 6) is 0.274. The Morgan fingerprint density at radius 2 is 2.18 bits per heavy atom. The van der Waals surface area contributed by atoms with Crippen LogP contribution in [0.15, 0.2) is 61.6 Å². The molecule has 0 radical (unpaired) electrons. The SMILES string of the molecule is C/C=C(/F)S/C(=C/CCC)NC(=O)/C(=N/OC1CCOC1)c1ccc(SCC(N)=NC=N)cc1. The number of halogens is 1. The van der Waals surface area contributed by atoms with Gasteiger partial charge in [-0.15, -0.1) is 11.8 Å². The van der Waals surface area contributed by atoms with E-state index in [1.54, 1.807) is 25.1 Å². The van der Waals surface area contributed by atoms with E-state index in [0.29, 0.717) is 48.2 Å². The molecule has 0 spiro atoms. The molecule has 1 aliphatic rings. The number of nitrogens with zero attached hydrogens (tertiary/aromatic N) is 2. The lowest BCUT2D eigenvalue weighted by molar-refractivity contribution is -0.114. The van der Waals surface area contributed by atoms with Crippen LogP contribution in [0.3, 0.4) is 0 Å². The van der Waals surface area contributed by atoms with Gasteiger partial charge in [-0.05, 0) is 43.3 Å². The molecule has 1 saturated heterocycles. The summed E-state index contributed by atoms with van der Waals surface area (Å²) in [6.45, 7) is 4.59. The van der Waals surface area contributed by atoms with Gasteiger partial charge in [-0.25, -0.2) is 4.99 Å². The van der Waals surface area contributed by atoms with Gasteiger partial charge in [-0.3, -0.25) is 10.2 Å². The van der Waals surface area contributed by atoms with Crippen molar-refractivity contribution in [3.8, 4) is 0 Å². The van der Waals surface area contributed by atoms with Crippen LogP contribution >= 0.6 is 23.5 Å². The van der Waals surface area contributed by atoms with Gasteiger partial charge in [0.05, 0.1) is 24.0 Å². The molecule has 2 rings (SSSR count). The number of oxime groups is 1. The largest absolute Gasteiger partial charge is 0.389 e. The third-order valence-corrected chi connectivity index (χ3v) is 6.40. The van der Waals surface area contributed by atoms with Gasteiger partial charge < -0.3 is 20.6 Å². The van der Waals surface area contributed by atoms with Gasteiger partial charge in [0.1, 0.15) is 12.2 Å². The Bertz CT molecular complexity index is 942. The highest BCUT2D eigenvalue weighted by atomic mass is 32.2. The molecule has 1 aromatic carbocycles. The molecule has 11 heteroatoms. The maximum absolute atomic E-state index is 13.9. The summed E-state index contributed by atoms with van der Waals surface area (Å²) in [5, 5.41) is 13.9. The first-order chi connectivity index (χ1) is 16.5. The van der Waals surface area contributed by atoms with Crippen LogP contribution in [0.25, 0.3) is 0 Å². The number of thioether (sulfide) groups is 2. The molecule has 8 nitrogen and oxygen atoms in total. The Morgan fingerprint density at radius 1 is 1.41 bits per heavy atom. The molecule has 1 fully saturated rings. The normalized spacial score (nSPS) is 17.6. The molecule has 4 N–H and O–H groups in total. The lowest BCUT2D eigenvalue weighted by Gasteiger charge is -2.12. The van der Waals surface area contributed by atoms with E-state index >= 15 is 0 Å². The number of unbranched alkanes of at least 4 members (excludes halogenated alkanes) is 1. The second kappa shape index (κ2) is 15.3. The lowest BCUT2D eigenvalue weighted by atomic mass is 10.1. The molecular weight excluding hydrogens is 477 g/mol. The molecule has 0 aliphatic carbocycles. The first-order valence-electron chi connectivity index (χ1n) is 10.8. The number of allylic oxidation sites excluding steroid dienone is 2. The number of carbonyl (C=O) groups excluding carboxylic acids is 1. The number of benzene rings is 1. The van der Waals surface area contributed by atoms with Crippen LogP contribution in [0.5, 0.6) is 0 Å². The molecule has 184 valence electrons. The number of amides is 1. The number of nitrogens with one attached hydrogen (secondary N) is 2. The molecule has 1 aromatic rings. The minimum atomic E-state index is -0.500. The van der Waals surface area contributed by atoms with Crippen molar-refractivity contribution in [1.82, 2.24) is 5.32 Å². The summed E-state index contributed by atoms with van der Waals surface area (Å²) in [4.78, 5) is 23.4. The number of hydrogen-bond donors (Lipinski definition) is 3. The molecule has 1 heterocycles. The first-order valence-corrected chi connectivity index (χ1v) is 12.6. The molecule has 1 unspecified atom stereocenters. The molecule has 0 aromatic heterocycles. The van der Waals surface area contributed by atoms with Crippen molar-refractivity contribution in [1.29, 1.82) is 5.41 Å². The summed E-state index contributed by atoms with van der Waals surface area (Å²) in [5.41, 5.74) is 6.35. The summed E-state index contributed by atoms with van der Waals surface area (Å²) in [6.07, 6.45) is 6.05. The van der Waals surface area contributed by atoms with Crippen molar-refractivity contribution in [2.75, 3.05) is 19.0 Å². The highest BCUT2D eigenvalue weighted by Crippen LogP contribution is 2.25. The minimum Gasteiger partial charge on any atom is -0.389 e. The van der Waals surface area contributed by atoms with Crippen molar-refractivity contribution in [2.24, 2.45) is 15.9 Å². The second-order valence-electron chi connectivity index (χ2n) is 7.10. The highest BCUT2D eigenvalue weighted by molar-refractivity contribution is 8.06. The smallest absolute Gasteiger partial charge is 0.278 e. The zero-order chi connectivity index (χ0) is 24.8. The average Bonchev–Trinajstić information content (AvgIpc) is 3.36. The van der Waals surface area contributed by atoms with Crippen LogP contribution < -0.4 is 11.1 Å². The third-order valence-electron chi connectivity index (χ3n) is 4.43. The molecular formula is C23H30FN5O3S2. The molecule has 1 atom stereocenters. The van der Waals surface area contributed by atoms with E-state index < -0.39 is 11.1 Å². The van der Waals surface area contributed by atoms with Crippen LogP contribution in [-0.4, -0.2) is 48.9 Å². The third kappa shape index (κ3) is 9.70. The second-order valence-corrected chi connectivity index (χ2v) is 9.18. The van der Waals surface area contributed by atoms with Crippen LogP contribution in [0.1, 0.15) is 38.7 Å². The van der Waals surface area contributed by atoms with Gasteiger partial charge in [0, 0.05) is 16.9 Å². The van der Waals surface area contributed by atoms with E-state index in [9.17, 15) is 9.18 Å².